The van der Waals surface area contributed by atoms with E-state index in [1.165, 1.54) is 28.3 Å². The van der Waals surface area contributed by atoms with Crippen molar-refractivity contribution >= 4 is 48.3 Å². The first-order valence-corrected chi connectivity index (χ1v) is 17.8. The summed E-state index contributed by atoms with van der Waals surface area (Å²) in [5.74, 6) is -4.50. The molecule has 0 saturated carbocycles. The van der Waals surface area contributed by atoms with Crippen LogP contribution in [0.3, 0.4) is 0 Å². The molecule has 54 heavy (non-hydrogen) atoms. The van der Waals surface area contributed by atoms with Gasteiger partial charge in [-0.25, -0.2) is 4.79 Å². The first-order valence-electron chi connectivity index (χ1n) is 17.8. The maximum Gasteiger partial charge on any atom is 0.334 e. The van der Waals surface area contributed by atoms with Crippen LogP contribution in [0, 0.1) is 32.1 Å². The van der Waals surface area contributed by atoms with Gasteiger partial charge in [0.05, 0.1) is 32.3 Å². The number of H-pyrrole nitrogens is 3. The molecule has 6 N–H and O–H groups in total. The van der Waals surface area contributed by atoms with Crippen LogP contribution in [-0.4, -0.2) is 70.2 Å². The van der Waals surface area contributed by atoms with E-state index in [0.29, 0.717) is 18.5 Å². The number of hydrogen-bond donors (Lipinski definition) is 6. The lowest BCUT2D eigenvalue weighted by molar-refractivity contribution is -0.150. The highest BCUT2D eigenvalue weighted by molar-refractivity contribution is 5.98. The van der Waals surface area contributed by atoms with Gasteiger partial charge in [0, 0.05) is 63.3 Å². The first kappa shape index (κ1) is 38.1. The molecule has 2 unspecified atom stereocenters. The molecule has 0 aromatic carbocycles. The molecule has 1 aliphatic carbocycles. The number of carbonyl (C=O) groups is 3. The van der Waals surface area contributed by atoms with Gasteiger partial charge >= 0.3 is 17.9 Å². The van der Waals surface area contributed by atoms with Gasteiger partial charge in [-0.1, -0.05) is 24.8 Å². The highest BCUT2D eigenvalue weighted by Gasteiger charge is 2.55. The number of aromatic amines is 3. The molecule has 12 nitrogen and oxygen atoms in total. The molecule has 284 valence electrons. The number of aromatic nitrogens is 3. The average Bonchev–Trinajstić information content (AvgIpc) is 3.79. The highest BCUT2D eigenvalue weighted by atomic mass is 16.5. The molecule has 2 atom stereocenters. The Labute approximate surface area is 313 Å². The van der Waals surface area contributed by atoms with Gasteiger partial charge < -0.3 is 44.7 Å². The van der Waals surface area contributed by atoms with E-state index in [9.17, 15) is 24.6 Å². The molecular formula is C42H48N4O8. The minimum Gasteiger partial charge on any atom is -0.469 e. The summed E-state index contributed by atoms with van der Waals surface area (Å²) in [5.41, 5.74) is 9.73. The largest absolute Gasteiger partial charge is 0.469 e. The third-order valence-corrected chi connectivity index (χ3v) is 11.1. The fourth-order valence-corrected chi connectivity index (χ4v) is 7.99. The van der Waals surface area contributed by atoms with Crippen molar-refractivity contribution in [1.29, 1.82) is 0 Å². The van der Waals surface area contributed by atoms with Crippen molar-refractivity contribution in [3.8, 4) is 0 Å². The zero-order valence-corrected chi connectivity index (χ0v) is 32.0. The minimum absolute atomic E-state index is 0.100. The summed E-state index contributed by atoms with van der Waals surface area (Å²) in [6, 6.07) is 0. The van der Waals surface area contributed by atoms with Crippen LogP contribution < -0.4 is 16.0 Å². The second-order valence-electron chi connectivity index (χ2n) is 14.5. The predicted molar refractivity (Wildman–Crippen MR) is 205 cm³/mol. The summed E-state index contributed by atoms with van der Waals surface area (Å²) in [4.78, 5) is 50.1. The molecule has 0 radical (unpaired) electrons. The monoisotopic (exact) mass is 736 g/mol. The van der Waals surface area contributed by atoms with E-state index in [0.717, 1.165) is 78.1 Å². The summed E-state index contributed by atoms with van der Waals surface area (Å²) in [6.45, 7) is 13.4. The molecular weight excluding hydrogens is 688 g/mol. The van der Waals surface area contributed by atoms with Crippen LogP contribution in [0.15, 0.2) is 41.3 Å². The topological polar surface area (TPSA) is 179 Å². The maximum atomic E-state index is 13.7. The Morgan fingerprint density at radius 2 is 1.52 bits per heavy atom. The number of aliphatic hydroxyl groups is 2. The average molecular weight is 737 g/mol. The van der Waals surface area contributed by atoms with Gasteiger partial charge in [0.25, 0.3) is 0 Å². The van der Waals surface area contributed by atoms with Crippen molar-refractivity contribution in [3.05, 3.63) is 108 Å². The van der Waals surface area contributed by atoms with Crippen molar-refractivity contribution < 1.29 is 38.8 Å². The van der Waals surface area contributed by atoms with Gasteiger partial charge in [0.1, 0.15) is 5.92 Å². The molecule has 1 fully saturated rings. The predicted octanol–water partition coefficient (Wildman–Crippen LogP) is 3.77. The van der Waals surface area contributed by atoms with Crippen LogP contribution in [-0.2, 0) is 41.4 Å². The third kappa shape index (κ3) is 6.60. The van der Waals surface area contributed by atoms with Gasteiger partial charge in [0.2, 0.25) is 0 Å². The van der Waals surface area contributed by atoms with E-state index in [4.69, 9.17) is 14.2 Å². The smallest absolute Gasteiger partial charge is 0.334 e. The molecule has 2 aliphatic heterocycles. The lowest BCUT2D eigenvalue weighted by Crippen LogP contribution is -2.40. The quantitative estimate of drug-likeness (QED) is 0.108. The Kier molecular flexibility index (Phi) is 10.1. The standard InChI is InChI=1S/C42H48N4O8/c1-10-24-21(2)30-18-35-28-13-11-27(39(48)53-8)38(40(49)54-9)42(28,6)36(46-35)20-31-22(3)25(12-14-37(47)52-7)33(45-31)19-34-26(15-16-41(5,50)51)23(4)29(44-34)17-32(24)43-30/h10-11,13,17-20,38,43-46,50-51H,1,12,14-16H2,2-9H3. The minimum atomic E-state index is -1.87. The van der Waals surface area contributed by atoms with E-state index < -0.39 is 29.1 Å². The third-order valence-electron chi connectivity index (χ3n) is 11.1. The van der Waals surface area contributed by atoms with Crippen molar-refractivity contribution in [2.24, 2.45) is 11.3 Å². The summed E-state index contributed by atoms with van der Waals surface area (Å²) in [5, 5.41) is 25.8. The molecule has 8 bridgehead atoms. The molecule has 6 rings (SSSR count). The van der Waals surface area contributed by atoms with E-state index >= 15 is 0 Å². The van der Waals surface area contributed by atoms with Gasteiger partial charge in [-0.05, 0) is 105 Å². The van der Waals surface area contributed by atoms with E-state index in [1.807, 2.05) is 58.1 Å². The zero-order chi connectivity index (χ0) is 39.3. The van der Waals surface area contributed by atoms with Gasteiger partial charge in [-0.15, -0.1) is 0 Å². The summed E-state index contributed by atoms with van der Waals surface area (Å²) in [7, 11) is 3.94. The molecule has 0 spiro atoms. The molecule has 3 aromatic heterocycles. The van der Waals surface area contributed by atoms with Crippen molar-refractivity contribution in [3.63, 3.8) is 0 Å². The number of carbonyl (C=O) groups excluding carboxylic acids is 3. The molecule has 5 heterocycles. The second kappa shape index (κ2) is 14.3. The fraction of sp³-hybridized carbons (Fsp3) is 0.357. The van der Waals surface area contributed by atoms with Crippen LogP contribution in [0.2, 0.25) is 0 Å². The van der Waals surface area contributed by atoms with Crippen molar-refractivity contribution in [2.45, 2.75) is 66.1 Å². The normalized spacial score (nSPS) is 18.8. The number of methoxy groups -OCH3 is 3. The molecule has 0 amide bonds. The second-order valence-corrected chi connectivity index (χ2v) is 14.5. The Bertz CT molecular complexity index is 2330. The number of rotatable bonds is 9. The summed E-state index contributed by atoms with van der Waals surface area (Å²) in [6.07, 6.45) is 14.2. The highest BCUT2D eigenvalue weighted by Crippen LogP contribution is 2.55. The number of ether oxygens (including phenoxy) is 3. The molecule has 1 saturated heterocycles. The SMILES string of the molecule is C=Cc1c2[nH]c(c1C)C=C1NC(=Cc3[nH]c(c(CCC(=O)OC)c3C)C=c3[nH]c(c(C)c3CCC(C)(O)O)=C2)C2(C)C1=CC=C(C(=O)OC)C2C(=O)OC. The van der Waals surface area contributed by atoms with Crippen LogP contribution in [0.4, 0.5) is 0 Å². The van der Waals surface area contributed by atoms with Gasteiger partial charge in [-0.2, -0.15) is 0 Å². The number of nitrogens with one attached hydrogen (secondary N) is 4. The first-order chi connectivity index (χ1) is 25.6. The molecule has 3 aliphatic rings. The zero-order valence-electron chi connectivity index (χ0n) is 32.0. The van der Waals surface area contributed by atoms with Crippen LogP contribution in [0.25, 0.3) is 30.4 Å². The van der Waals surface area contributed by atoms with E-state index in [-0.39, 0.29) is 24.4 Å². The lowest BCUT2D eigenvalue weighted by Gasteiger charge is -2.36. The summed E-state index contributed by atoms with van der Waals surface area (Å²) >= 11 is 0. The van der Waals surface area contributed by atoms with Crippen molar-refractivity contribution in [2.75, 3.05) is 21.3 Å². The number of allylic oxidation sites excluding steroid dienone is 4. The Morgan fingerprint density at radius 1 is 0.833 bits per heavy atom. The fourth-order valence-electron chi connectivity index (χ4n) is 7.99. The van der Waals surface area contributed by atoms with Crippen LogP contribution in [0.5, 0.6) is 0 Å². The Hall–Kier alpha value is -5.59. The summed E-state index contributed by atoms with van der Waals surface area (Å²) < 4.78 is 15.5. The maximum absolute atomic E-state index is 13.7. The Balaban J connectivity index is 1.72. The number of hydrogen-bond acceptors (Lipinski definition) is 9. The number of fused-ring (bicyclic) bond motifs is 11. The van der Waals surface area contributed by atoms with Crippen LogP contribution in [0.1, 0.15) is 82.8 Å². The van der Waals surface area contributed by atoms with Gasteiger partial charge in [-0.3, -0.25) is 9.59 Å². The lowest BCUT2D eigenvalue weighted by atomic mass is 9.64. The van der Waals surface area contributed by atoms with E-state index in [2.05, 4.69) is 26.8 Å². The number of esters is 3. The molecule has 3 aromatic rings. The molecule has 12 heteroatoms. The van der Waals surface area contributed by atoms with Gasteiger partial charge in [0.15, 0.2) is 5.79 Å². The van der Waals surface area contributed by atoms with Crippen molar-refractivity contribution in [1.82, 2.24) is 20.3 Å². The Morgan fingerprint density at radius 3 is 2.17 bits per heavy atom. The van der Waals surface area contributed by atoms with Crippen LogP contribution >= 0.6 is 0 Å². The van der Waals surface area contributed by atoms with E-state index in [1.54, 1.807) is 12.2 Å².